The average Bonchev–Trinajstić information content (AvgIpc) is 2.44. The predicted molar refractivity (Wildman–Crippen MR) is 80.4 cm³/mol. The van der Waals surface area contributed by atoms with Crippen molar-refractivity contribution in [2.75, 3.05) is 0 Å². The Bertz CT molecular complexity index is 590. The van der Waals surface area contributed by atoms with Crippen molar-refractivity contribution in [1.29, 1.82) is 0 Å². The van der Waals surface area contributed by atoms with Gasteiger partial charge in [0, 0.05) is 12.1 Å². The minimum Gasteiger partial charge on any atom is -0.304 e. The van der Waals surface area contributed by atoms with Crippen LogP contribution in [0, 0.1) is 17.5 Å². The summed E-state index contributed by atoms with van der Waals surface area (Å²) in [4.78, 5) is 0. The first-order chi connectivity index (χ1) is 9.88. The third kappa shape index (κ3) is 3.86. The molecule has 5 heteroatoms. The standard InChI is InChI=1S/C16H15BrF3N/c1-9(11-3-5-14(18)13(17)7-11)21-10(2)12-4-6-15(19)16(20)8-12/h3-10,21H,1-2H3. The summed E-state index contributed by atoms with van der Waals surface area (Å²) in [5.74, 6) is -2.04. The third-order valence-electron chi connectivity index (χ3n) is 3.39. The molecule has 0 bridgehead atoms. The highest BCUT2D eigenvalue weighted by Crippen LogP contribution is 2.24. The zero-order valence-electron chi connectivity index (χ0n) is 11.6. The van der Waals surface area contributed by atoms with Crippen LogP contribution >= 0.6 is 15.9 Å². The molecule has 2 unspecified atom stereocenters. The van der Waals surface area contributed by atoms with Crippen LogP contribution in [0.4, 0.5) is 13.2 Å². The first-order valence-corrected chi connectivity index (χ1v) is 7.33. The van der Waals surface area contributed by atoms with Crippen molar-refractivity contribution in [2.45, 2.75) is 25.9 Å². The first-order valence-electron chi connectivity index (χ1n) is 6.54. The fraction of sp³-hybridized carbons (Fsp3) is 0.250. The number of hydrogen-bond acceptors (Lipinski definition) is 1. The average molecular weight is 358 g/mol. The second-order valence-electron chi connectivity index (χ2n) is 4.96. The minimum absolute atomic E-state index is 0.0648. The van der Waals surface area contributed by atoms with Crippen LogP contribution in [-0.4, -0.2) is 0 Å². The second-order valence-corrected chi connectivity index (χ2v) is 5.81. The second kappa shape index (κ2) is 6.62. The molecule has 0 aliphatic carbocycles. The van der Waals surface area contributed by atoms with Crippen molar-refractivity contribution in [3.05, 3.63) is 69.4 Å². The predicted octanol–water partition coefficient (Wildman–Crippen LogP) is 5.28. The summed E-state index contributed by atoms with van der Waals surface area (Å²) in [5, 5.41) is 3.27. The van der Waals surface area contributed by atoms with Crippen LogP contribution < -0.4 is 5.32 Å². The normalized spacial score (nSPS) is 14.0. The molecule has 1 N–H and O–H groups in total. The quantitative estimate of drug-likeness (QED) is 0.784. The van der Waals surface area contributed by atoms with E-state index < -0.39 is 11.6 Å². The van der Waals surface area contributed by atoms with Gasteiger partial charge in [0.15, 0.2) is 11.6 Å². The number of rotatable bonds is 4. The summed E-state index contributed by atoms with van der Waals surface area (Å²) in [6.45, 7) is 3.79. The summed E-state index contributed by atoms with van der Waals surface area (Å²) >= 11 is 3.15. The smallest absolute Gasteiger partial charge is 0.159 e. The lowest BCUT2D eigenvalue weighted by Gasteiger charge is -2.21. The van der Waals surface area contributed by atoms with Gasteiger partial charge in [-0.25, -0.2) is 13.2 Å². The molecule has 0 saturated heterocycles. The summed E-state index contributed by atoms with van der Waals surface area (Å²) < 4.78 is 39.8. The maximum atomic E-state index is 13.2. The van der Waals surface area contributed by atoms with Gasteiger partial charge in [0.1, 0.15) is 5.82 Å². The van der Waals surface area contributed by atoms with E-state index in [9.17, 15) is 13.2 Å². The monoisotopic (exact) mass is 357 g/mol. The van der Waals surface area contributed by atoms with Crippen LogP contribution in [0.15, 0.2) is 40.9 Å². The van der Waals surface area contributed by atoms with E-state index in [1.54, 1.807) is 18.2 Å². The summed E-state index contributed by atoms with van der Waals surface area (Å²) in [6.07, 6.45) is 0. The van der Waals surface area contributed by atoms with E-state index in [2.05, 4.69) is 21.2 Å². The van der Waals surface area contributed by atoms with Crippen LogP contribution in [0.1, 0.15) is 37.1 Å². The van der Waals surface area contributed by atoms with Gasteiger partial charge in [-0.1, -0.05) is 12.1 Å². The Morgan fingerprint density at radius 3 is 1.86 bits per heavy atom. The minimum atomic E-state index is -0.863. The van der Waals surface area contributed by atoms with Crippen molar-refractivity contribution >= 4 is 15.9 Å². The molecular formula is C16H15BrF3N. The fourth-order valence-electron chi connectivity index (χ4n) is 2.13. The molecule has 0 heterocycles. The van der Waals surface area contributed by atoms with E-state index in [1.807, 2.05) is 13.8 Å². The lowest BCUT2D eigenvalue weighted by molar-refractivity contribution is 0.479. The summed E-state index contributed by atoms with van der Waals surface area (Å²) in [6, 6.07) is 8.38. The van der Waals surface area contributed by atoms with Crippen LogP contribution in [0.2, 0.25) is 0 Å². The molecule has 2 aromatic carbocycles. The fourth-order valence-corrected chi connectivity index (χ4v) is 2.53. The zero-order valence-corrected chi connectivity index (χ0v) is 13.2. The van der Waals surface area contributed by atoms with E-state index in [0.717, 1.165) is 11.6 Å². The molecule has 1 nitrogen and oxygen atoms in total. The van der Waals surface area contributed by atoms with Gasteiger partial charge in [0.25, 0.3) is 0 Å². The Labute approximate surface area is 130 Å². The Balaban J connectivity index is 2.12. The lowest BCUT2D eigenvalue weighted by Crippen LogP contribution is -2.22. The largest absolute Gasteiger partial charge is 0.304 e. The van der Waals surface area contributed by atoms with E-state index in [-0.39, 0.29) is 17.9 Å². The highest BCUT2D eigenvalue weighted by Gasteiger charge is 2.14. The molecular weight excluding hydrogens is 343 g/mol. The van der Waals surface area contributed by atoms with Gasteiger partial charge in [0.05, 0.1) is 4.47 Å². The van der Waals surface area contributed by atoms with Gasteiger partial charge >= 0.3 is 0 Å². The van der Waals surface area contributed by atoms with Crippen molar-refractivity contribution in [3.63, 3.8) is 0 Å². The topological polar surface area (TPSA) is 12.0 Å². The van der Waals surface area contributed by atoms with E-state index in [4.69, 9.17) is 0 Å². The number of halogens is 4. The molecule has 0 radical (unpaired) electrons. The molecule has 2 atom stereocenters. The molecule has 2 rings (SSSR count). The molecule has 0 amide bonds. The van der Waals surface area contributed by atoms with Gasteiger partial charge in [-0.3, -0.25) is 0 Å². The molecule has 0 aliphatic heterocycles. The van der Waals surface area contributed by atoms with Crippen molar-refractivity contribution in [2.24, 2.45) is 0 Å². The molecule has 0 aliphatic rings. The van der Waals surface area contributed by atoms with Gasteiger partial charge in [-0.05, 0) is 65.2 Å². The Hall–Kier alpha value is -1.33. The number of benzene rings is 2. The van der Waals surface area contributed by atoms with E-state index >= 15 is 0 Å². The molecule has 2 aromatic rings. The van der Waals surface area contributed by atoms with Crippen molar-refractivity contribution in [1.82, 2.24) is 5.32 Å². The van der Waals surface area contributed by atoms with Crippen molar-refractivity contribution < 1.29 is 13.2 Å². The highest BCUT2D eigenvalue weighted by molar-refractivity contribution is 9.10. The SMILES string of the molecule is CC(NC(C)c1ccc(F)c(Br)c1)c1ccc(F)c(F)c1. The van der Waals surface area contributed by atoms with Gasteiger partial charge in [-0.2, -0.15) is 0 Å². The highest BCUT2D eigenvalue weighted by atomic mass is 79.9. The maximum Gasteiger partial charge on any atom is 0.159 e. The van der Waals surface area contributed by atoms with Crippen LogP contribution in [0.5, 0.6) is 0 Å². The zero-order chi connectivity index (χ0) is 15.6. The molecule has 0 aromatic heterocycles. The van der Waals surface area contributed by atoms with Crippen LogP contribution in [0.3, 0.4) is 0 Å². The first kappa shape index (κ1) is 16.0. The van der Waals surface area contributed by atoms with Crippen molar-refractivity contribution in [3.8, 4) is 0 Å². The Morgan fingerprint density at radius 2 is 1.33 bits per heavy atom. The van der Waals surface area contributed by atoms with Crippen LogP contribution in [-0.2, 0) is 0 Å². The Morgan fingerprint density at radius 1 is 0.810 bits per heavy atom. The number of hydrogen-bond donors (Lipinski definition) is 1. The molecule has 0 spiro atoms. The Kier molecular flexibility index (Phi) is 5.06. The van der Waals surface area contributed by atoms with E-state index in [0.29, 0.717) is 10.0 Å². The molecule has 0 saturated carbocycles. The van der Waals surface area contributed by atoms with Gasteiger partial charge in [0.2, 0.25) is 0 Å². The summed E-state index contributed by atoms with van der Waals surface area (Å²) in [7, 11) is 0. The van der Waals surface area contributed by atoms with E-state index in [1.165, 1.54) is 12.1 Å². The lowest BCUT2D eigenvalue weighted by atomic mass is 10.0. The van der Waals surface area contributed by atoms with Gasteiger partial charge < -0.3 is 5.32 Å². The molecule has 21 heavy (non-hydrogen) atoms. The third-order valence-corrected chi connectivity index (χ3v) is 4.00. The maximum absolute atomic E-state index is 13.2. The summed E-state index contributed by atoms with van der Waals surface area (Å²) in [5.41, 5.74) is 1.56. The molecule has 0 fully saturated rings. The molecule has 112 valence electrons. The van der Waals surface area contributed by atoms with Gasteiger partial charge in [-0.15, -0.1) is 0 Å². The number of nitrogens with one attached hydrogen (secondary N) is 1. The van der Waals surface area contributed by atoms with Crippen LogP contribution in [0.25, 0.3) is 0 Å².